The number of amides is 1. The second-order valence-corrected chi connectivity index (χ2v) is 6.92. The third-order valence-electron chi connectivity index (χ3n) is 4.74. The molecule has 1 N–H and O–H groups in total. The maximum atomic E-state index is 12.4. The summed E-state index contributed by atoms with van der Waals surface area (Å²) in [5.41, 5.74) is 2.75. The first-order valence-electron chi connectivity index (χ1n) is 9.08. The van der Waals surface area contributed by atoms with Crippen LogP contribution in [0.4, 0.5) is 0 Å². The predicted molar refractivity (Wildman–Crippen MR) is 107 cm³/mol. The molecule has 0 spiro atoms. The molecule has 1 saturated heterocycles. The van der Waals surface area contributed by atoms with Crippen molar-refractivity contribution in [1.82, 2.24) is 20.0 Å². The van der Waals surface area contributed by atoms with Crippen LogP contribution in [-0.4, -0.2) is 53.4 Å². The molecule has 1 amide bonds. The van der Waals surface area contributed by atoms with Crippen LogP contribution >= 0.6 is 11.6 Å². The van der Waals surface area contributed by atoms with E-state index in [-0.39, 0.29) is 11.9 Å². The van der Waals surface area contributed by atoms with Crippen molar-refractivity contribution in [2.24, 2.45) is 7.05 Å². The molecule has 144 valence electrons. The Morgan fingerprint density at radius 3 is 2.67 bits per heavy atom. The summed E-state index contributed by atoms with van der Waals surface area (Å²) in [6.07, 6.45) is 3.23. The van der Waals surface area contributed by atoms with Crippen LogP contribution in [0.3, 0.4) is 0 Å². The summed E-state index contributed by atoms with van der Waals surface area (Å²) in [4.78, 5) is 14.7. The number of ether oxygens (including phenoxy) is 1. The topological polar surface area (TPSA) is 59.4 Å². The van der Waals surface area contributed by atoms with Gasteiger partial charge in [0.25, 0.3) is 0 Å². The summed E-state index contributed by atoms with van der Waals surface area (Å²) < 4.78 is 7.06. The molecule has 3 rings (SSSR count). The lowest BCUT2D eigenvalue weighted by Crippen LogP contribution is -2.43. The van der Waals surface area contributed by atoms with Crippen LogP contribution in [0.5, 0.6) is 0 Å². The Kier molecular flexibility index (Phi) is 6.66. The Labute approximate surface area is 164 Å². The number of carbonyl (C=O) groups excluding carboxylic acids is 1. The molecular weight excluding hydrogens is 364 g/mol. The van der Waals surface area contributed by atoms with Gasteiger partial charge in [-0.3, -0.25) is 14.4 Å². The number of hydrogen-bond acceptors (Lipinski definition) is 4. The Bertz CT molecular complexity index is 798. The Hall–Kier alpha value is -2.15. The highest BCUT2D eigenvalue weighted by Gasteiger charge is 2.22. The lowest BCUT2D eigenvalue weighted by molar-refractivity contribution is -0.116. The molecule has 0 bridgehead atoms. The van der Waals surface area contributed by atoms with Crippen LogP contribution < -0.4 is 5.32 Å². The van der Waals surface area contributed by atoms with Gasteiger partial charge in [-0.15, -0.1) is 0 Å². The van der Waals surface area contributed by atoms with E-state index in [1.165, 1.54) is 11.6 Å². The van der Waals surface area contributed by atoms with Crippen LogP contribution in [0.15, 0.2) is 36.4 Å². The minimum absolute atomic E-state index is 0.121. The molecule has 0 saturated carbocycles. The molecule has 1 aromatic heterocycles. The van der Waals surface area contributed by atoms with E-state index in [0.29, 0.717) is 11.7 Å². The average molecular weight is 389 g/mol. The van der Waals surface area contributed by atoms with E-state index < -0.39 is 0 Å². The summed E-state index contributed by atoms with van der Waals surface area (Å²) >= 11 is 6.21. The van der Waals surface area contributed by atoms with Crippen LogP contribution in [0.2, 0.25) is 5.15 Å². The first-order chi connectivity index (χ1) is 13.1. The molecule has 1 unspecified atom stereocenters. The number of halogens is 1. The molecule has 1 aliphatic heterocycles. The highest BCUT2D eigenvalue weighted by Crippen LogP contribution is 2.22. The van der Waals surface area contributed by atoms with Crippen LogP contribution in [-0.2, 0) is 16.6 Å². The molecule has 2 heterocycles. The van der Waals surface area contributed by atoms with E-state index in [1.807, 2.05) is 25.1 Å². The van der Waals surface area contributed by atoms with Crippen molar-refractivity contribution >= 4 is 23.6 Å². The van der Waals surface area contributed by atoms with Gasteiger partial charge in [-0.25, -0.2) is 0 Å². The normalized spacial score (nSPS) is 16.6. The molecule has 0 radical (unpaired) electrons. The number of aromatic nitrogens is 2. The maximum absolute atomic E-state index is 12.4. The van der Waals surface area contributed by atoms with E-state index >= 15 is 0 Å². The quantitative estimate of drug-likeness (QED) is 0.773. The van der Waals surface area contributed by atoms with Crippen molar-refractivity contribution in [2.45, 2.75) is 13.0 Å². The van der Waals surface area contributed by atoms with Crippen LogP contribution in [0.1, 0.15) is 22.9 Å². The summed E-state index contributed by atoms with van der Waals surface area (Å²) in [5, 5.41) is 7.78. The Balaban J connectivity index is 1.65. The fraction of sp³-hybridized carbons (Fsp3) is 0.400. The molecule has 7 heteroatoms. The molecule has 6 nitrogen and oxygen atoms in total. The van der Waals surface area contributed by atoms with Gasteiger partial charge in [0.15, 0.2) is 0 Å². The molecule has 1 aromatic carbocycles. The van der Waals surface area contributed by atoms with Gasteiger partial charge in [0, 0.05) is 38.3 Å². The second kappa shape index (κ2) is 9.17. The van der Waals surface area contributed by atoms with Crippen molar-refractivity contribution in [3.05, 3.63) is 58.4 Å². The minimum Gasteiger partial charge on any atom is -0.379 e. The van der Waals surface area contributed by atoms with Gasteiger partial charge in [0.2, 0.25) is 5.91 Å². The van der Waals surface area contributed by atoms with E-state index in [2.05, 4.69) is 27.4 Å². The number of aryl methyl sites for hydroxylation is 2. The van der Waals surface area contributed by atoms with Gasteiger partial charge in [-0.2, -0.15) is 5.10 Å². The lowest BCUT2D eigenvalue weighted by Gasteiger charge is -2.34. The van der Waals surface area contributed by atoms with Crippen LogP contribution in [0.25, 0.3) is 6.08 Å². The lowest BCUT2D eigenvalue weighted by atomic mass is 10.0. The third kappa shape index (κ3) is 4.97. The molecule has 0 aliphatic carbocycles. The van der Waals surface area contributed by atoms with Gasteiger partial charge in [0.05, 0.1) is 24.9 Å². The molecule has 2 aromatic rings. The highest BCUT2D eigenvalue weighted by atomic mass is 35.5. The number of benzene rings is 1. The molecule has 1 fully saturated rings. The fourth-order valence-corrected chi connectivity index (χ4v) is 3.51. The number of nitrogens with one attached hydrogen (secondary N) is 1. The number of hydrogen-bond donors (Lipinski definition) is 1. The molecular formula is C20H25ClN4O2. The van der Waals surface area contributed by atoms with Crippen molar-refractivity contribution in [2.75, 3.05) is 32.8 Å². The van der Waals surface area contributed by atoms with Crippen molar-refractivity contribution in [1.29, 1.82) is 0 Å². The molecule has 1 aliphatic rings. The predicted octanol–water partition coefficient (Wildman–Crippen LogP) is 2.58. The van der Waals surface area contributed by atoms with Crippen LogP contribution in [0, 0.1) is 6.92 Å². The average Bonchev–Trinajstić information content (AvgIpc) is 2.93. The number of nitrogens with zero attached hydrogens (tertiary/aromatic N) is 3. The zero-order valence-electron chi connectivity index (χ0n) is 15.7. The first-order valence-corrected chi connectivity index (χ1v) is 9.46. The van der Waals surface area contributed by atoms with Crippen molar-refractivity contribution in [3.63, 3.8) is 0 Å². The van der Waals surface area contributed by atoms with Gasteiger partial charge in [-0.1, -0.05) is 41.9 Å². The monoisotopic (exact) mass is 388 g/mol. The fourth-order valence-electron chi connectivity index (χ4n) is 3.27. The summed E-state index contributed by atoms with van der Waals surface area (Å²) in [6, 6.07) is 10.4. The standard InChI is InChI=1S/C20H25ClN4O2/c1-15-17(20(21)24(2)23-15)8-9-19(26)22-14-18(16-6-4-3-5-7-16)25-10-12-27-13-11-25/h3-9,18H,10-14H2,1-2H3,(H,22,26)/b9-8+. The van der Waals surface area contributed by atoms with Gasteiger partial charge in [0.1, 0.15) is 5.15 Å². The Morgan fingerprint density at radius 2 is 2.04 bits per heavy atom. The molecule has 1 atom stereocenters. The third-order valence-corrected chi connectivity index (χ3v) is 5.19. The zero-order valence-corrected chi connectivity index (χ0v) is 16.4. The van der Waals surface area contributed by atoms with E-state index in [0.717, 1.165) is 37.6 Å². The van der Waals surface area contributed by atoms with Crippen molar-refractivity contribution in [3.8, 4) is 0 Å². The minimum atomic E-state index is -0.150. The highest BCUT2D eigenvalue weighted by molar-refractivity contribution is 6.31. The first kappa shape index (κ1) is 19.6. The van der Waals surface area contributed by atoms with Gasteiger partial charge >= 0.3 is 0 Å². The Morgan fingerprint density at radius 1 is 1.33 bits per heavy atom. The number of carbonyl (C=O) groups is 1. The summed E-state index contributed by atoms with van der Waals surface area (Å²) in [7, 11) is 1.78. The van der Waals surface area contributed by atoms with E-state index in [9.17, 15) is 4.79 Å². The number of morpholine rings is 1. The smallest absolute Gasteiger partial charge is 0.244 e. The SMILES string of the molecule is Cc1nn(C)c(Cl)c1/C=C/C(=O)NCC(c1ccccc1)N1CCOCC1. The molecule has 27 heavy (non-hydrogen) atoms. The number of rotatable bonds is 6. The summed E-state index contributed by atoms with van der Waals surface area (Å²) in [6.45, 7) is 5.55. The zero-order chi connectivity index (χ0) is 19.2. The van der Waals surface area contributed by atoms with Crippen molar-refractivity contribution < 1.29 is 9.53 Å². The maximum Gasteiger partial charge on any atom is 0.244 e. The largest absolute Gasteiger partial charge is 0.379 e. The second-order valence-electron chi connectivity index (χ2n) is 6.57. The van der Waals surface area contributed by atoms with E-state index in [4.69, 9.17) is 16.3 Å². The summed E-state index contributed by atoms with van der Waals surface area (Å²) in [5.74, 6) is -0.150. The van der Waals surface area contributed by atoms with E-state index in [1.54, 1.807) is 17.8 Å². The van der Waals surface area contributed by atoms with Gasteiger partial charge < -0.3 is 10.1 Å². The van der Waals surface area contributed by atoms with Gasteiger partial charge in [-0.05, 0) is 18.6 Å².